The number of hydrogen-bond acceptors (Lipinski definition) is 2. The zero-order chi connectivity index (χ0) is 13.9. The Morgan fingerprint density at radius 3 is 2.90 bits per heavy atom. The molecule has 1 N–H and O–H groups in total. The second-order valence-electron chi connectivity index (χ2n) is 6.49. The van der Waals surface area contributed by atoms with E-state index < -0.39 is 0 Å². The largest absolute Gasteiger partial charge is 0.493 e. The van der Waals surface area contributed by atoms with Gasteiger partial charge in [0.25, 0.3) is 0 Å². The van der Waals surface area contributed by atoms with Crippen molar-refractivity contribution < 1.29 is 9.84 Å². The highest BCUT2D eigenvalue weighted by Gasteiger charge is 2.36. The highest BCUT2D eigenvalue weighted by molar-refractivity contribution is 5.35. The van der Waals surface area contributed by atoms with Gasteiger partial charge in [0.15, 0.2) is 0 Å². The summed E-state index contributed by atoms with van der Waals surface area (Å²) in [5.74, 6) is 2.46. The van der Waals surface area contributed by atoms with Crippen LogP contribution in [0.5, 0.6) is 5.75 Å². The summed E-state index contributed by atoms with van der Waals surface area (Å²) in [6.07, 6.45) is 7.07. The van der Waals surface area contributed by atoms with E-state index in [-0.39, 0.29) is 12.0 Å². The molecular weight excluding hydrogens is 248 g/mol. The molecule has 0 saturated heterocycles. The quantitative estimate of drug-likeness (QED) is 0.908. The van der Waals surface area contributed by atoms with Crippen LogP contribution in [-0.2, 0) is 6.42 Å². The Balaban J connectivity index is 1.70. The molecule has 3 rings (SSSR count). The molecule has 20 heavy (non-hydrogen) atoms. The van der Waals surface area contributed by atoms with Gasteiger partial charge in [0.2, 0.25) is 0 Å². The standard InChI is InChI=1S/C18H26O2/c1-2-13-7-3-5-9-16(13)18(19)15-11-14-8-4-6-10-17(14)20-12-15/h4,6,8,10,13,15-16,18-19H,2-3,5,7,9,11-12H2,1H3. The maximum atomic E-state index is 10.8. The van der Waals surface area contributed by atoms with Crippen LogP contribution >= 0.6 is 0 Å². The van der Waals surface area contributed by atoms with Gasteiger partial charge in [0.05, 0.1) is 12.7 Å². The summed E-state index contributed by atoms with van der Waals surface area (Å²) in [5, 5.41) is 10.8. The van der Waals surface area contributed by atoms with Crippen molar-refractivity contribution in [2.75, 3.05) is 6.61 Å². The van der Waals surface area contributed by atoms with Crippen molar-refractivity contribution in [3.8, 4) is 5.75 Å². The number of rotatable bonds is 3. The van der Waals surface area contributed by atoms with Gasteiger partial charge in [-0.2, -0.15) is 0 Å². The van der Waals surface area contributed by atoms with Crippen LogP contribution in [0.1, 0.15) is 44.6 Å². The molecule has 1 aliphatic carbocycles. The minimum Gasteiger partial charge on any atom is -0.493 e. The third kappa shape index (κ3) is 2.71. The fourth-order valence-corrected chi connectivity index (χ4v) is 4.11. The molecule has 1 heterocycles. The molecule has 2 heteroatoms. The number of aliphatic hydroxyl groups is 1. The topological polar surface area (TPSA) is 29.5 Å². The van der Waals surface area contributed by atoms with E-state index in [1.807, 2.05) is 12.1 Å². The predicted molar refractivity (Wildman–Crippen MR) is 80.9 cm³/mol. The number of fused-ring (bicyclic) bond motifs is 1. The van der Waals surface area contributed by atoms with Gasteiger partial charge in [0, 0.05) is 5.92 Å². The second-order valence-corrected chi connectivity index (χ2v) is 6.49. The van der Waals surface area contributed by atoms with Crippen LogP contribution in [0.4, 0.5) is 0 Å². The van der Waals surface area contributed by atoms with Gasteiger partial charge in [-0.3, -0.25) is 0 Å². The normalized spacial score (nSPS) is 31.2. The lowest BCUT2D eigenvalue weighted by Gasteiger charge is -2.39. The van der Waals surface area contributed by atoms with Crippen molar-refractivity contribution in [3.05, 3.63) is 29.8 Å². The van der Waals surface area contributed by atoms with E-state index in [1.165, 1.54) is 37.7 Å². The summed E-state index contributed by atoms with van der Waals surface area (Å²) < 4.78 is 5.86. The lowest BCUT2D eigenvalue weighted by atomic mass is 9.71. The number of hydrogen-bond donors (Lipinski definition) is 1. The molecule has 4 atom stereocenters. The van der Waals surface area contributed by atoms with E-state index in [0.717, 1.165) is 12.2 Å². The molecule has 4 unspecified atom stereocenters. The first-order chi connectivity index (χ1) is 9.79. The Morgan fingerprint density at radius 1 is 1.25 bits per heavy atom. The van der Waals surface area contributed by atoms with E-state index in [0.29, 0.717) is 18.4 Å². The average molecular weight is 274 g/mol. The first-order valence-corrected chi connectivity index (χ1v) is 8.18. The van der Waals surface area contributed by atoms with Crippen LogP contribution in [0.2, 0.25) is 0 Å². The molecule has 0 amide bonds. The molecule has 1 aromatic carbocycles. The van der Waals surface area contributed by atoms with Crippen molar-refractivity contribution in [2.24, 2.45) is 17.8 Å². The molecule has 0 bridgehead atoms. The van der Waals surface area contributed by atoms with Gasteiger partial charge < -0.3 is 9.84 Å². The zero-order valence-electron chi connectivity index (χ0n) is 12.4. The molecule has 0 radical (unpaired) electrons. The Bertz CT molecular complexity index is 443. The molecule has 1 aliphatic heterocycles. The third-order valence-electron chi connectivity index (χ3n) is 5.32. The van der Waals surface area contributed by atoms with E-state index in [9.17, 15) is 5.11 Å². The monoisotopic (exact) mass is 274 g/mol. The van der Waals surface area contributed by atoms with Crippen LogP contribution in [0.25, 0.3) is 0 Å². The van der Waals surface area contributed by atoms with Gasteiger partial charge in [-0.05, 0) is 36.3 Å². The summed E-state index contributed by atoms with van der Waals surface area (Å²) in [6.45, 7) is 2.94. The van der Waals surface area contributed by atoms with E-state index in [2.05, 4.69) is 19.1 Å². The Kier molecular flexibility index (Phi) is 4.30. The van der Waals surface area contributed by atoms with Crippen molar-refractivity contribution >= 4 is 0 Å². The maximum Gasteiger partial charge on any atom is 0.122 e. The SMILES string of the molecule is CCC1CCCCC1C(O)C1COc2ccccc2C1. The van der Waals surface area contributed by atoms with Crippen LogP contribution in [-0.4, -0.2) is 17.8 Å². The average Bonchev–Trinajstić information content (AvgIpc) is 2.53. The van der Waals surface area contributed by atoms with Crippen LogP contribution in [0.3, 0.4) is 0 Å². The maximum absolute atomic E-state index is 10.8. The van der Waals surface area contributed by atoms with Crippen LogP contribution in [0.15, 0.2) is 24.3 Å². The highest BCUT2D eigenvalue weighted by Crippen LogP contribution is 2.39. The van der Waals surface area contributed by atoms with Gasteiger partial charge in [-0.15, -0.1) is 0 Å². The fourth-order valence-electron chi connectivity index (χ4n) is 4.11. The third-order valence-corrected chi connectivity index (χ3v) is 5.32. The Hall–Kier alpha value is -1.02. The number of aliphatic hydroxyl groups excluding tert-OH is 1. The minimum absolute atomic E-state index is 0.200. The first-order valence-electron chi connectivity index (χ1n) is 8.18. The van der Waals surface area contributed by atoms with Crippen molar-refractivity contribution in [2.45, 2.75) is 51.6 Å². The first kappa shape index (κ1) is 13.9. The predicted octanol–water partition coefficient (Wildman–Crippen LogP) is 3.82. The van der Waals surface area contributed by atoms with Gasteiger partial charge in [0.1, 0.15) is 5.75 Å². The van der Waals surface area contributed by atoms with Gasteiger partial charge in [-0.25, -0.2) is 0 Å². The lowest BCUT2D eigenvalue weighted by molar-refractivity contribution is -0.0159. The second kappa shape index (κ2) is 6.17. The molecule has 2 aliphatic rings. The van der Waals surface area contributed by atoms with E-state index >= 15 is 0 Å². The molecule has 0 aromatic heterocycles. The number of benzene rings is 1. The summed E-state index contributed by atoms with van der Waals surface area (Å²) in [6, 6.07) is 8.25. The van der Waals surface area contributed by atoms with Gasteiger partial charge >= 0.3 is 0 Å². The van der Waals surface area contributed by atoms with Crippen LogP contribution < -0.4 is 4.74 Å². The summed E-state index contributed by atoms with van der Waals surface area (Å²) in [5.41, 5.74) is 1.26. The highest BCUT2D eigenvalue weighted by atomic mass is 16.5. The molecule has 110 valence electrons. The van der Waals surface area contributed by atoms with Crippen molar-refractivity contribution in [1.82, 2.24) is 0 Å². The van der Waals surface area contributed by atoms with Crippen molar-refractivity contribution in [3.63, 3.8) is 0 Å². The smallest absolute Gasteiger partial charge is 0.122 e. The molecule has 0 spiro atoms. The Morgan fingerprint density at radius 2 is 2.05 bits per heavy atom. The number of para-hydroxylation sites is 1. The molecule has 1 saturated carbocycles. The fraction of sp³-hybridized carbons (Fsp3) is 0.667. The minimum atomic E-state index is -0.200. The molecule has 1 aromatic rings. The molecule has 1 fully saturated rings. The summed E-state index contributed by atoms with van der Waals surface area (Å²) >= 11 is 0. The zero-order valence-corrected chi connectivity index (χ0v) is 12.4. The van der Waals surface area contributed by atoms with Gasteiger partial charge in [-0.1, -0.05) is 50.8 Å². The van der Waals surface area contributed by atoms with E-state index in [1.54, 1.807) is 0 Å². The summed E-state index contributed by atoms with van der Waals surface area (Å²) in [7, 11) is 0. The van der Waals surface area contributed by atoms with E-state index in [4.69, 9.17) is 4.74 Å². The van der Waals surface area contributed by atoms with Crippen LogP contribution in [0, 0.1) is 17.8 Å². The molecule has 2 nitrogen and oxygen atoms in total. The van der Waals surface area contributed by atoms with Crippen molar-refractivity contribution in [1.29, 1.82) is 0 Å². The lowest BCUT2D eigenvalue weighted by Crippen LogP contribution is -2.40. The molecular formula is C18H26O2. The Labute approximate surface area is 122 Å². The number of ether oxygens (including phenoxy) is 1. The summed E-state index contributed by atoms with van der Waals surface area (Å²) in [4.78, 5) is 0.